The number of hydrazine groups is 1. The van der Waals surface area contributed by atoms with E-state index in [1.807, 2.05) is 0 Å². The highest BCUT2D eigenvalue weighted by Crippen LogP contribution is 2.30. The van der Waals surface area contributed by atoms with Crippen LogP contribution in [0, 0.1) is 11.8 Å². The first-order valence-corrected chi connectivity index (χ1v) is 6.16. The summed E-state index contributed by atoms with van der Waals surface area (Å²) < 4.78 is 25.7. The van der Waals surface area contributed by atoms with Gasteiger partial charge >= 0.3 is 0 Å². The first-order valence-electron chi connectivity index (χ1n) is 2.80. The van der Waals surface area contributed by atoms with Crippen LogP contribution in [0.3, 0.4) is 0 Å². The lowest BCUT2D eigenvalue weighted by Gasteiger charge is -2.02. The Bertz CT molecular complexity index is 273. The fraction of sp³-hybridized carbons (Fsp3) is 0. The van der Waals surface area contributed by atoms with Gasteiger partial charge in [-0.3, -0.25) is 0 Å². The summed E-state index contributed by atoms with van der Waals surface area (Å²) >= 11 is 1.77. The van der Waals surface area contributed by atoms with Crippen LogP contribution in [0.5, 0.6) is 0 Å². The number of hydrogen-bond acceptors (Lipinski definition) is 4. The molecule has 0 atom stereocenters. The highest BCUT2D eigenvalue weighted by atomic mass is 127. The van der Waals surface area contributed by atoms with Gasteiger partial charge in [0.1, 0.15) is 16.5 Å². The lowest BCUT2D eigenvalue weighted by Crippen LogP contribution is -2.10. The SMILES string of the molecule is NNc1cc(F)c(SI)c(F)n1. The molecule has 12 heavy (non-hydrogen) atoms. The molecule has 1 heterocycles. The molecule has 0 aliphatic carbocycles. The van der Waals surface area contributed by atoms with Gasteiger partial charge in [0.2, 0.25) is 5.95 Å². The third-order valence-corrected chi connectivity index (χ3v) is 2.95. The zero-order valence-electron chi connectivity index (χ0n) is 5.64. The molecule has 3 nitrogen and oxygen atoms in total. The summed E-state index contributed by atoms with van der Waals surface area (Å²) in [5.74, 6) is 3.37. The number of nitrogens with zero attached hydrogens (tertiary/aromatic N) is 1. The molecule has 1 aromatic rings. The van der Waals surface area contributed by atoms with E-state index in [0.29, 0.717) is 0 Å². The van der Waals surface area contributed by atoms with Crippen molar-refractivity contribution in [1.82, 2.24) is 4.98 Å². The molecule has 0 aliphatic heterocycles. The monoisotopic (exact) mass is 303 g/mol. The van der Waals surface area contributed by atoms with Gasteiger partial charge in [0.05, 0.1) is 0 Å². The molecule has 0 fully saturated rings. The summed E-state index contributed by atoms with van der Waals surface area (Å²) in [6.07, 6.45) is 0. The van der Waals surface area contributed by atoms with E-state index in [4.69, 9.17) is 5.84 Å². The quantitative estimate of drug-likeness (QED) is 0.380. The predicted octanol–water partition coefficient (Wildman–Crippen LogP) is 2.09. The number of nitrogens with one attached hydrogen (secondary N) is 1. The molecule has 0 unspecified atom stereocenters. The van der Waals surface area contributed by atoms with Crippen LogP contribution in [0.4, 0.5) is 14.6 Å². The molecule has 0 spiro atoms. The number of anilines is 1. The molecule has 0 amide bonds. The number of pyridine rings is 1. The fourth-order valence-corrected chi connectivity index (χ4v) is 2.03. The van der Waals surface area contributed by atoms with Gasteiger partial charge < -0.3 is 5.43 Å². The summed E-state index contributed by atoms with van der Waals surface area (Å²) in [6.45, 7) is 0. The average Bonchev–Trinajstić information content (AvgIpc) is 2.03. The van der Waals surface area contributed by atoms with Crippen LogP contribution in [-0.2, 0) is 0 Å². The molecule has 1 aromatic heterocycles. The molecule has 1 rings (SSSR count). The van der Waals surface area contributed by atoms with Crippen LogP contribution in [-0.4, -0.2) is 4.98 Å². The second-order valence-electron chi connectivity index (χ2n) is 1.83. The molecule has 0 aliphatic rings. The van der Waals surface area contributed by atoms with E-state index in [9.17, 15) is 8.78 Å². The summed E-state index contributed by atoms with van der Waals surface area (Å²) in [4.78, 5) is 3.24. The van der Waals surface area contributed by atoms with Gasteiger partial charge in [-0.2, -0.15) is 4.39 Å². The van der Waals surface area contributed by atoms with E-state index >= 15 is 0 Å². The molecule has 3 N–H and O–H groups in total. The van der Waals surface area contributed by atoms with Crippen LogP contribution in [0.2, 0.25) is 0 Å². The van der Waals surface area contributed by atoms with Crippen molar-refractivity contribution in [1.29, 1.82) is 0 Å². The van der Waals surface area contributed by atoms with E-state index in [-0.39, 0.29) is 10.7 Å². The molecule has 0 radical (unpaired) electrons. The Kier molecular flexibility index (Phi) is 3.47. The van der Waals surface area contributed by atoms with Crippen molar-refractivity contribution >= 4 is 36.0 Å². The molecular weight excluding hydrogens is 299 g/mol. The highest BCUT2D eigenvalue weighted by Gasteiger charge is 2.11. The number of aromatic nitrogens is 1. The molecule has 0 bridgehead atoms. The van der Waals surface area contributed by atoms with E-state index in [1.54, 1.807) is 21.2 Å². The standard InChI is InChI=1S/C5H4F2IN3S/c6-2-1-3(11-9)10-5(7)4(2)12-8/h1H,9H2,(H,10,11). The van der Waals surface area contributed by atoms with Gasteiger partial charge in [0.25, 0.3) is 0 Å². The second kappa shape index (κ2) is 4.19. The maximum Gasteiger partial charge on any atom is 0.232 e. The summed E-state index contributed by atoms with van der Waals surface area (Å²) in [5.41, 5.74) is 2.06. The Morgan fingerprint density at radius 1 is 1.58 bits per heavy atom. The Morgan fingerprint density at radius 3 is 2.67 bits per heavy atom. The summed E-state index contributed by atoms with van der Waals surface area (Å²) in [7, 11) is 0.930. The van der Waals surface area contributed by atoms with Gasteiger partial charge in [-0.05, 0) is 8.93 Å². The van der Waals surface area contributed by atoms with Crippen molar-refractivity contribution in [3.05, 3.63) is 17.8 Å². The van der Waals surface area contributed by atoms with Gasteiger partial charge in [0.15, 0.2) is 0 Å². The van der Waals surface area contributed by atoms with Crippen LogP contribution in [0.25, 0.3) is 0 Å². The third kappa shape index (κ3) is 1.96. The number of nitrogens with two attached hydrogens (primary N) is 1. The smallest absolute Gasteiger partial charge is 0.232 e. The maximum absolute atomic E-state index is 12.9. The number of halogens is 3. The van der Waals surface area contributed by atoms with Crippen molar-refractivity contribution in [2.24, 2.45) is 5.84 Å². The summed E-state index contributed by atoms with van der Waals surface area (Å²) in [6, 6.07) is 1.03. The van der Waals surface area contributed by atoms with Crippen LogP contribution in [0.1, 0.15) is 0 Å². The third-order valence-electron chi connectivity index (χ3n) is 1.11. The zero-order chi connectivity index (χ0) is 9.14. The number of rotatable bonds is 2. The molecule has 66 valence electrons. The van der Waals surface area contributed by atoms with Crippen molar-refractivity contribution in [2.45, 2.75) is 4.90 Å². The largest absolute Gasteiger partial charge is 0.308 e. The first kappa shape index (κ1) is 9.93. The Balaban J connectivity index is 3.18. The van der Waals surface area contributed by atoms with Crippen LogP contribution in [0.15, 0.2) is 11.0 Å². The zero-order valence-corrected chi connectivity index (χ0v) is 8.62. The number of nitrogen functional groups attached to an aromatic ring is 1. The molecule has 0 saturated heterocycles. The Hall–Kier alpha value is -0.150. The first-order chi connectivity index (χ1) is 5.69. The van der Waals surface area contributed by atoms with Crippen molar-refractivity contribution in [2.75, 3.05) is 5.43 Å². The van der Waals surface area contributed by atoms with Crippen molar-refractivity contribution < 1.29 is 8.78 Å². The number of hydrogen-bond donors (Lipinski definition) is 2. The molecule has 0 saturated carbocycles. The predicted molar refractivity (Wildman–Crippen MR) is 51.8 cm³/mol. The minimum atomic E-state index is -0.859. The van der Waals surface area contributed by atoms with Crippen molar-refractivity contribution in [3.8, 4) is 0 Å². The molecular formula is C5H4F2IN3S. The average molecular weight is 303 g/mol. The fourth-order valence-electron chi connectivity index (χ4n) is 0.616. The lowest BCUT2D eigenvalue weighted by molar-refractivity contribution is 0.512. The highest BCUT2D eigenvalue weighted by molar-refractivity contribution is 14.2. The summed E-state index contributed by atoms with van der Waals surface area (Å²) in [5, 5.41) is 0. The van der Waals surface area contributed by atoms with E-state index in [0.717, 1.165) is 15.0 Å². The van der Waals surface area contributed by atoms with Gasteiger partial charge in [0, 0.05) is 27.3 Å². The second-order valence-corrected chi connectivity index (χ2v) is 3.71. The van der Waals surface area contributed by atoms with Gasteiger partial charge in [-0.15, -0.1) is 0 Å². The minimum Gasteiger partial charge on any atom is -0.308 e. The van der Waals surface area contributed by atoms with Gasteiger partial charge in [-0.25, -0.2) is 15.2 Å². The van der Waals surface area contributed by atoms with Crippen molar-refractivity contribution in [3.63, 3.8) is 0 Å². The maximum atomic E-state index is 12.9. The lowest BCUT2D eigenvalue weighted by atomic mass is 10.4. The van der Waals surface area contributed by atoms with Gasteiger partial charge in [-0.1, -0.05) is 0 Å². The Morgan fingerprint density at radius 2 is 2.25 bits per heavy atom. The minimum absolute atomic E-state index is 0.0285. The van der Waals surface area contributed by atoms with E-state index in [2.05, 4.69) is 10.4 Å². The van der Waals surface area contributed by atoms with E-state index in [1.165, 1.54) is 0 Å². The van der Waals surface area contributed by atoms with Crippen LogP contribution >= 0.6 is 30.1 Å². The Labute approximate surface area is 83.7 Å². The van der Waals surface area contributed by atoms with E-state index < -0.39 is 11.8 Å². The van der Waals surface area contributed by atoms with Crippen LogP contribution < -0.4 is 11.3 Å². The molecule has 7 heteroatoms. The normalized spacial score (nSPS) is 10.0. The molecule has 0 aromatic carbocycles. The topological polar surface area (TPSA) is 50.9 Å².